The molecule has 0 bridgehead atoms. The Morgan fingerprint density at radius 1 is 1.18 bits per heavy atom. The summed E-state index contributed by atoms with van der Waals surface area (Å²) < 4.78 is 5.19. The van der Waals surface area contributed by atoms with Gasteiger partial charge in [0.25, 0.3) is 0 Å². The van der Waals surface area contributed by atoms with Crippen LogP contribution in [-0.4, -0.2) is 47.0 Å². The third-order valence-electron chi connectivity index (χ3n) is 6.87. The summed E-state index contributed by atoms with van der Waals surface area (Å²) in [4.78, 5) is 35.0. The van der Waals surface area contributed by atoms with Gasteiger partial charge in [0, 0.05) is 18.8 Å². The molecule has 6 nitrogen and oxygen atoms in total. The molecular formula is C26H33N3O3S. The number of ether oxygens (including phenoxy) is 1. The van der Waals surface area contributed by atoms with E-state index in [-0.39, 0.29) is 24.3 Å². The Bertz CT molecular complexity index is 1010. The molecule has 2 aliphatic heterocycles. The van der Waals surface area contributed by atoms with Gasteiger partial charge in [-0.25, -0.2) is 9.79 Å². The Labute approximate surface area is 200 Å². The van der Waals surface area contributed by atoms with Crippen LogP contribution in [0.1, 0.15) is 69.0 Å². The number of aryl methyl sites for hydroxylation is 1. The first-order chi connectivity index (χ1) is 15.9. The molecule has 0 spiro atoms. The highest BCUT2D eigenvalue weighted by molar-refractivity contribution is 8.16. The van der Waals surface area contributed by atoms with Crippen molar-refractivity contribution in [1.29, 1.82) is 0 Å². The number of carbonyl (C=O) groups is 2. The highest BCUT2D eigenvalue weighted by atomic mass is 32.2. The summed E-state index contributed by atoms with van der Waals surface area (Å²) in [5.41, 5.74) is 4.31. The van der Waals surface area contributed by atoms with Crippen molar-refractivity contribution in [2.45, 2.75) is 70.9 Å². The summed E-state index contributed by atoms with van der Waals surface area (Å²) in [6, 6.07) is 8.16. The number of fused-ring (bicyclic) bond motifs is 1. The number of hydrogen-bond acceptors (Lipinski definition) is 6. The zero-order chi connectivity index (χ0) is 23.5. The second-order valence-corrected chi connectivity index (χ2v) is 9.82. The third-order valence-corrected chi connectivity index (χ3v) is 7.76. The van der Waals surface area contributed by atoms with Crippen LogP contribution < -0.4 is 0 Å². The molecule has 3 aliphatic rings. The van der Waals surface area contributed by atoms with Gasteiger partial charge in [-0.3, -0.25) is 4.79 Å². The summed E-state index contributed by atoms with van der Waals surface area (Å²) in [5.74, 6) is -0.260. The highest BCUT2D eigenvalue weighted by Gasteiger charge is 2.41. The van der Waals surface area contributed by atoms with E-state index < -0.39 is 0 Å². The maximum atomic E-state index is 13.3. The van der Waals surface area contributed by atoms with Crippen LogP contribution in [0.5, 0.6) is 0 Å². The highest BCUT2D eigenvalue weighted by Crippen LogP contribution is 2.45. The molecular weight excluding hydrogens is 434 g/mol. The number of benzene rings is 1. The number of rotatable bonds is 6. The van der Waals surface area contributed by atoms with Crippen LogP contribution in [0.15, 0.2) is 51.6 Å². The number of esters is 1. The van der Waals surface area contributed by atoms with Crippen molar-refractivity contribution in [1.82, 2.24) is 9.80 Å². The number of nitrogens with zero attached hydrogens (tertiary/aromatic N) is 3. The van der Waals surface area contributed by atoms with E-state index in [1.165, 1.54) is 38.1 Å². The predicted molar refractivity (Wildman–Crippen MR) is 132 cm³/mol. The van der Waals surface area contributed by atoms with E-state index in [0.29, 0.717) is 18.0 Å². The van der Waals surface area contributed by atoms with Gasteiger partial charge in [-0.2, -0.15) is 0 Å². The standard InChI is InChI=1S/C26H33N3O3S/c1-5-21-23(25(31)32-4)24(18-13-11-17(2)12-14-18)29-20(16-33-26(29)27-21)15-22(30)28(3)19-9-7-6-8-10-19/h11-14,16,19,24H,5-10,15H2,1-4H3. The lowest BCUT2D eigenvalue weighted by atomic mass is 9.92. The molecule has 0 saturated heterocycles. The summed E-state index contributed by atoms with van der Waals surface area (Å²) in [6.45, 7) is 4.05. The maximum Gasteiger partial charge on any atom is 0.338 e. The minimum atomic E-state index is -0.373. The van der Waals surface area contributed by atoms with Crippen LogP contribution in [-0.2, 0) is 14.3 Å². The van der Waals surface area contributed by atoms with Gasteiger partial charge in [-0.1, -0.05) is 67.8 Å². The van der Waals surface area contributed by atoms with E-state index in [1.807, 2.05) is 31.2 Å². The smallest absolute Gasteiger partial charge is 0.338 e. The van der Waals surface area contributed by atoms with Crippen LogP contribution in [0, 0.1) is 6.92 Å². The Hall–Kier alpha value is -2.54. The van der Waals surface area contributed by atoms with Gasteiger partial charge in [0.05, 0.1) is 30.8 Å². The molecule has 33 heavy (non-hydrogen) atoms. The lowest BCUT2D eigenvalue weighted by Gasteiger charge is -2.37. The summed E-state index contributed by atoms with van der Waals surface area (Å²) in [6.07, 6.45) is 6.70. The molecule has 176 valence electrons. The SMILES string of the molecule is CCC1=C(C(=O)OC)C(c2ccc(C)cc2)N2C(CC(=O)N(C)C3CCCCC3)=CSC2=N1. The average molecular weight is 468 g/mol. The van der Waals surface area contributed by atoms with Gasteiger partial charge in [0.2, 0.25) is 5.91 Å². The first kappa shape index (κ1) is 23.6. The molecule has 1 fully saturated rings. The van der Waals surface area contributed by atoms with E-state index in [2.05, 4.69) is 29.2 Å². The normalized spacial score (nSPS) is 20.8. The Morgan fingerprint density at radius 2 is 1.88 bits per heavy atom. The predicted octanol–water partition coefficient (Wildman–Crippen LogP) is 5.31. The minimum absolute atomic E-state index is 0.113. The Kier molecular flexibility index (Phi) is 7.27. The summed E-state index contributed by atoms with van der Waals surface area (Å²) in [5, 5.41) is 2.83. The molecule has 1 saturated carbocycles. The molecule has 0 radical (unpaired) electrons. The molecule has 1 aliphatic carbocycles. The number of carbonyl (C=O) groups excluding carboxylic acids is 2. The molecule has 1 aromatic rings. The molecule has 1 unspecified atom stereocenters. The van der Waals surface area contributed by atoms with Crippen molar-refractivity contribution in [3.05, 3.63) is 57.8 Å². The lowest BCUT2D eigenvalue weighted by molar-refractivity contribution is -0.136. The quantitative estimate of drug-likeness (QED) is 0.530. The zero-order valence-electron chi connectivity index (χ0n) is 20.0. The van der Waals surface area contributed by atoms with Gasteiger partial charge < -0.3 is 14.5 Å². The van der Waals surface area contributed by atoms with Gasteiger partial charge in [-0.15, -0.1) is 0 Å². The maximum absolute atomic E-state index is 13.3. The van der Waals surface area contributed by atoms with Gasteiger partial charge in [-0.05, 0) is 37.2 Å². The van der Waals surface area contributed by atoms with Crippen LogP contribution in [0.3, 0.4) is 0 Å². The molecule has 7 heteroatoms. The lowest BCUT2D eigenvalue weighted by Crippen LogP contribution is -2.41. The van der Waals surface area contributed by atoms with Crippen molar-refractivity contribution >= 4 is 28.8 Å². The molecule has 0 aromatic heterocycles. The second-order valence-electron chi connectivity index (χ2n) is 8.98. The van der Waals surface area contributed by atoms with E-state index in [1.54, 1.807) is 0 Å². The van der Waals surface area contributed by atoms with E-state index >= 15 is 0 Å². The van der Waals surface area contributed by atoms with E-state index in [9.17, 15) is 9.59 Å². The van der Waals surface area contributed by atoms with Crippen LogP contribution in [0.2, 0.25) is 0 Å². The number of methoxy groups -OCH3 is 1. The van der Waals surface area contributed by atoms with Crippen molar-refractivity contribution < 1.29 is 14.3 Å². The van der Waals surface area contributed by atoms with Gasteiger partial charge in [0.1, 0.15) is 0 Å². The van der Waals surface area contributed by atoms with Crippen molar-refractivity contribution in [2.75, 3.05) is 14.2 Å². The second kappa shape index (κ2) is 10.2. The largest absolute Gasteiger partial charge is 0.466 e. The third kappa shape index (κ3) is 4.74. The summed E-state index contributed by atoms with van der Waals surface area (Å²) in [7, 11) is 3.34. The van der Waals surface area contributed by atoms with Crippen LogP contribution >= 0.6 is 11.8 Å². The van der Waals surface area contributed by atoms with Gasteiger partial charge >= 0.3 is 5.97 Å². The monoisotopic (exact) mass is 467 g/mol. The van der Waals surface area contributed by atoms with E-state index in [0.717, 1.165) is 40.5 Å². The zero-order valence-corrected chi connectivity index (χ0v) is 20.8. The van der Waals surface area contributed by atoms with Crippen LogP contribution in [0.4, 0.5) is 0 Å². The number of hydrogen-bond donors (Lipinski definition) is 0. The summed E-state index contributed by atoms with van der Waals surface area (Å²) >= 11 is 1.52. The number of thioether (sulfide) groups is 1. The molecule has 4 rings (SSSR count). The minimum Gasteiger partial charge on any atom is -0.466 e. The van der Waals surface area contributed by atoms with Crippen molar-refractivity contribution in [2.24, 2.45) is 4.99 Å². The fourth-order valence-corrected chi connectivity index (χ4v) is 5.87. The topological polar surface area (TPSA) is 62.2 Å². The Morgan fingerprint density at radius 3 is 2.52 bits per heavy atom. The number of amidine groups is 1. The van der Waals surface area contributed by atoms with E-state index in [4.69, 9.17) is 9.73 Å². The van der Waals surface area contributed by atoms with Crippen molar-refractivity contribution in [3.63, 3.8) is 0 Å². The first-order valence-electron chi connectivity index (χ1n) is 11.8. The average Bonchev–Trinajstić information content (AvgIpc) is 3.25. The Balaban J connectivity index is 1.67. The molecule has 2 heterocycles. The number of aliphatic imine (C=N–C) groups is 1. The number of amides is 1. The molecule has 0 N–H and O–H groups in total. The molecule has 1 amide bonds. The molecule has 1 aromatic carbocycles. The first-order valence-corrected chi connectivity index (χ1v) is 12.7. The molecule has 1 atom stereocenters. The van der Waals surface area contributed by atoms with Gasteiger partial charge in [0.15, 0.2) is 5.17 Å². The van der Waals surface area contributed by atoms with Crippen molar-refractivity contribution in [3.8, 4) is 0 Å². The van der Waals surface area contributed by atoms with Crippen LogP contribution in [0.25, 0.3) is 0 Å². The fourth-order valence-electron chi connectivity index (χ4n) is 4.93. The fraction of sp³-hybridized carbons (Fsp3) is 0.500. The number of allylic oxidation sites excluding steroid dienone is 1.